The topological polar surface area (TPSA) is 0 Å². The van der Waals surface area contributed by atoms with Gasteiger partial charge in [-0.3, -0.25) is 0 Å². The Labute approximate surface area is 81.4 Å². The molecule has 1 heterocycles. The molecule has 0 saturated heterocycles. The second-order valence-corrected chi connectivity index (χ2v) is 4.79. The number of rotatable bonds is 0. The van der Waals surface area contributed by atoms with E-state index >= 15 is 0 Å². The summed E-state index contributed by atoms with van der Waals surface area (Å²) in [6.07, 6.45) is 0. The molecular formula is C10H10S2. The Balaban J connectivity index is 2.53. The summed E-state index contributed by atoms with van der Waals surface area (Å²) >= 11 is 3.62. The third-order valence-corrected chi connectivity index (χ3v) is 4.03. The molecule has 0 fully saturated rings. The molecule has 0 unspecified atom stereocenters. The fourth-order valence-corrected chi connectivity index (χ4v) is 3.02. The summed E-state index contributed by atoms with van der Waals surface area (Å²) in [7, 11) is 0. The zero-order valence-electron chi connectivity index (χ0n) is 7.13. The maximum Gasteiger partial charge on any atom is 0.0258 e. The number of fused-ring (bicyclic) bond motifs is 1. The monoisotopic (exact) mass is 194 g/mol. The first-order valence-electron chi connectivity index (χ1n) is 3.87. The first-order chi connectivity index (χ1) is 5.77. The Morgan fingerprint density at radius 1 is 0.833 bits per heavy atom. The molecule has 1 aromatic carbocycles. The SMILES string of the molecule is Cc1cc2c(cc1C)SC=CS2. The zero-order valence-corrected chi connectivity index (χ0v) is 8.76. The number of thioether (sulfide) groups is 2. The van der Waals surface area contributed by atoms with E-state index in [1.807, 2.05) is 23.5 Å². The minimum atomic E-state index is 1.39. The van der Waals surface area contributed by atoms with Crippen LogP contribution < -0.4 is 0 Å². The van der Waals surface area contributed by atoms with Crippen LogP contribution in [0.15, 0.2) is 32.7 Å². The number of hydrogen-bond acceptors (Lipinski definition) is 2. The molecule has 2 heteroatoms. The summed E-state index contributed by atoms with van der Waals surface area (Å²) in [6.45, 7) is 4.33. The summed E-state index contributed by atoms with van der Waals surface area (Å²) in [5.74, 6) is 0. The van der Waals surface area contributed by atoms with E-state index in [0.29, 0.717) is 0 Å². The molecule has 1 aliphatic heterocycles. The van der Waals surface area contributed by atoms with Gasteiger partial charge in [-0.2, -0.15) is 0 Å². The third kappa shape index (κ3) is 1.41. The second kappa shape index (κ2) is 3.19. The maximum absolute atomic E-state index is 2.27. The highest BCUT2D eigenvalue weighted by Crippen LogP contribution is 2.38. The van der Waals surface area contributed by atoms with Crippen molar-refractivity contribution in [3.8, 4) is 0 Å². The van der Waals surface area contributed by atoms with Gasteiger partial charge in [-0.15, -0.1) is 0 Å². The largest absolute Gasteiger partial charge is 0.0963 e. The van der Waals surface area contributed by atoms with Crippen LogP contribution in [0.4, 0.5) is 0 Å². The summed E-state index contributed by atoms with van der Waals surface area (Å²) < 4.78 is 0. The van der Waals surface area contributed by atoms with Crippen molar-refractivity contribution in [3.63, 3.8) is 0 Å². The average Bonchev–Trinajstić information content (AvgIpc) is 2.07. The zero-order chi connectivity index (χ0) is 8.55. The molecule has 0 aromatic heterocycles. The van der Waals surface area contributed by atoms with Crippen LogP contribution in [-0.4, -0.2) is 0 Å². The van der Waals surface area contributed by atoms with Gasteiger partial charge in [0.15, 0.2) is 0 Å². The van der Waals surface area contributed by atoms with Crippen molar-refractivity contribution < 1.29 is 0 Å². The second-order valence-electron chi connectivity index (χ2n) is 2.89. The van der Waals surface area contributed by atoms with Crippen molar-refractivity contribution in [2.24, 2.45) is 0 Å². The van der Waals surface area contributed by atoms with Crippen LogP contribution in [0.1, 0.15) is 11.1 Å². The van der Waals surface area contributed by atoms with E-state index in [4.69, 9.17) is 0 Å². The Kier molecular flexibility index (Phi) is 2.20. The fourth-order valence-electron chi connectivity index (χ4n) is 1.15. The normalized spacial score (nSPS) is 14.5. The number of aryl methyl sites for hydroxylation is 2. The lowest BCUT2D eigenvalue weighted by Gasteiger charge is -2.11. The quantitative estimate of drug-likeness (QED) is 0.613. The number of hydrogen-bond donors (Lipinski definition) is 0. The standard InChI is InChI=1S/C10H10S2/c1-7-5-9-10(6-8(7)2)12-4-3-11-9/h3-6H,1-2H3. The number of benzene rings is 1. The van der Waals surface area contributed by atoms with Gasteiger partial charge in [0.05, 0.1) is 0 Å². The van der Waals surface area contributed by atoms with Crippen LogP contribution in [0.2, 0.25) is 0 Å². The van der Waals surface area contributed by atoms with Crippen LogP contribution in [-0.2, 0) is 0 Å². The van der Waals surface area contributed by atoms with Crippen molar-refractivity contribution >= 4 is 23.5 Å². The molecule has 0 N–H and O–H groups in total. The molecule has 1 aliphatic rings. The molecule has 0 radical (unpaired) electrons. The van der Waals surface area contributed by atoms with Gasteiger partial charge < -0.3 is 0 Å². The Morgan fingerprint density at radius 2 is 1.25 bits per heavy atom. The Morgan fingerprint density at radius 3 is 1.67 bits per heavy atom. The molecule has 12 heavy (non-hydrogen) atoms. The molecule has 1 aromatic rings. The molecule has 0 nitrogen and oxygen atoms in total. The lowest BCUT2D eigenvalue weighted by molar-refractivity contribution is 1.17. The van der Waals surface area contributed by atoms with E-state index in [1.54, 1.807) is 0 Å². The molecule has 0 atom stereocenters. The molecule has 2 rings (SSSR count). The van der Waals surface area contributed by atoms with Gasteiger partial charge in [-0.25, -0.2) is 0 Å². The lowest BCUT2D eigenvalue weighted by atomic mass is 10.1. The van der Waals surface area contributed by atoms with E-state index < -0.39 is 0 Å². The van der Waals surface area contributed by atoms with Crippen molar-refractivity contribution in [2.45, 2.75) is 23.6 Å². The average molecular weight is 194 g/mol. The van der Waals surface area contributed by atoms with Gasteiger partial charge in [-0.05, 0) is 47.9 Å². The molecule has 62 valence electrons. The van der Waals surface area contributed by atoms with Crippen LogP contribution >= 0.6 is 23.5 Å². The van der Waals surface area contributed by atoms with Crippen LogP contribution in [0.3, 0.4) is 0 Å². The summed E-state index contributed by atoms with van der Waals surface area (Å²) in [5, 5.41) is 4.28. The van der Waals surface area contributed by atoms with Crippen LogP contribution in [0.5, 0.6) is 0 Å². The summed E-state index contributed by atoms with van der Waals surface area (Å²) in [5.41, 5.74) is 2.77. The summed E-state index contributed by atoms with van der Waals surface area (Å²) in [6, 6.07) is 4.54. The fraction of sp³-hybridized carbons (Fsp3) is 0.200. The molecule has 0 bridgehead atoms. The van der Waals surface area contributed by atoms with E-state index in [-0.39, 0.29) is 0 Å². The van der Waals surface area contributed by atoms with Crippen LogP contribution in [0, 0.1) is 13.8 Å². The van der Waals surface area contributed by atoms with Gasteiger partial charge in [0.2, 0.25) is 0 Å². The Bertz CT molecular complexity index is 307. The predicted octanol–water partition coefficient (Wildman–Crippen LogP) is 3.97. The van der Waals surface area contributed by atoms with E-state index in [2.05, 4.69) is 36.8 Å². The minimum absolute atomic E-state index is 1.39. The van der Waals surface area contributed by atoms with Crippen molar-refractivity contribution in [1.82, 2.24) is 0 Å². The Hall–Kier alpha value is -0.340. The minimum Gasteiger partial charge on any atom is -0.0963 e. The van der Waals surface area contributed by atoms with E-state index in [9.17, 15) is 0 Å². The highest BCUT2D eigenvalue weighted by atomic mass is 32.2. The molecular weight excluding hydrogens is 184 g/mol. The summed E-state index contributed by atoms with van der Waals surface area (Å²) in [4.78, 5) is 2.79. The third-order valence-electron chi connectivity index (χ3n) is 2.01. The molecule has 0 amide bonds. The molecule has 0 saturated carbocycles. The van der Waals surface area contributed by atoms with E-state index in [1.165, 1.54) is 20.9 Å². The van der Waals surface area contributed by atoms with Gasteiger partial charge in [-0.1, -0.05) is 23.5 Å². The smallest absolute Gasteiger partial charge is 0.0258 e. The van der Waals surface area contributed by atoms with Gasteiger partial charge >= 0.3 is 0 Å². The molecule has 0 spiro atoms. The first-order valence-corrected chi connectivity index (χ1v) is 5.63. The first kappa shape index (κ1) is 8.27. The van der Waals surface area contributed by atoms with Crippen molar-refractivity contribution in [1.29, 1.82) is 0 Å². The van der Waals surface area contributed by atoms with E-state index in [0.717, 1.165) is 0 Å². The molecule has 0 aliphatic carbocycles. The van der Waals surface area contributed by atoms with Crippen molar-refractivity contribution in [2.75, 3.05) is 0 Å². The van der Waals surface area contributed by atoms with Gasteiger partial charge in [0.1, 0.15) is 0 Å². The van der Waals surface area contributed by atoms with Gasteiger partial charge in [0.25, 0.3) is 0 Å². The lowest BCUT2D eigenvalue weighted by Crippen LogP contribution is -1.86. The van der Waals surface area contributed by atoms with Crippen LogP contribution in [0.25, 0.3) is 0 Å². The van der Waals surface area contributed by atoms with Crippen molar-refractivity contribution in [3.05, 3.63) is 34.1 Å². The highest BCUT2D eigenvalue weighted by Gasteiger charge is 2.07. The highest BCUT2D eigenvalue weighted by molar-refractivity contribution is 8.08. The maximum atomic E-state index is 2.27. The van der Waals surface area contributed by atoms with Gasteiger partial charge in [0, 0.05) is 9.79 Å². The predicted molar refractivity (Wildman–Crippen MR) is 56.8 cm³/mol.